The van der Waals surface area contributed by atoms with Gasteiger partial charge in [0, 0.05) is 35.0 Å². The molecule has 0 fully saturated rings. The van der Waals surface area contributed by atoms with Gasteiger partial charge in [0.05, 0.1) is 4.92 Å². The van der Waals surface area contributed by atoms with Crippen molar-refractivity contribution in [2.45, 2.75) is 0 Å². The molecule has 0 radical (unpaired) electrons. The predicted molar refractivity (Wildman–Crippen MR) is 119 cm³/mol. The Labute approximate surface area is 182 Å². The van der Waals surface area contributed by atoms with Crippen LogP contribution in [0.1, 0.15) is 26.3 Å². The number of nitrogens with zero attached hydrogens (tertiary/aromatic N) is 1. The van der Waals surface area contributed by atoms with Crippen LogP contribution in [0.25, 0.3) is 6.08 Å². The summed E-state index contributed by atoms with van der Waals surface area (Å²) in [6.07, 6.45) is 3.09. The number of hydrogen-bond acceptors (Lipinski definition) is 5. The van der Waals surface area contributed by atoms with Gasteiger partial charge in [-0.05, 0) is 48.0 Å². The maximum absolute atomic E-state index is 12.2. The average molecular weight is 430 g/mol. The van der Waals surface area contributed by atoms with Crippen molar-refractivity contribution < 1.29 is 19.3 Å². The third-order valence-electron chi connectivity index (χ3n) is 4.27. The van der Waals surface area contributed by atoms with Crippen molar-refractivity contribution in [2.24, 2.45) is 0 Å². The Morgan fingerprint density at radius 1 is 0.750 bits per heavy atom. The van der Waals surface area contributed by atoms with Crippen LogP contribution in [-0.4, -0.2) is 22.6 Å². The van der Waals surface area contributed by atoms with Gasteiger partial charge in [-0.2, -0.15) is 0 Å². The van der Waals surface area contributed by atoms with Gasteiger partial charge in [0.25, 0.3) is 17.5 Å². The minimum atomic E-state index is -0.623. The van der Waals surface area contributed by atoms with Crippen LogP contribution in [0, 0.1) is 10.1 Å². The van der Waals surface area contributed by atoms with Gasteiger partial charge in [0.2, 0.25) is 5.91 Å². The van der Waals surface area contributed by atoms with E-state index in [4.69, 9.17) is 0 Å². The average Bonchev–Trinajstić information content (AvgIpc) is 2.82. The van der Waals surface area contributed by atoms with Gasteiger partial charge in [-0.3, -0.25) is 35.3 Å². The number of non-ortho nitro benzene ring substituents is 1. The molecule has 32 heavy (non-hydrogen) atoms. The highest BCUT2D eigenvalue weighted by molar-refractivity contribution is 6.02. The SMILES string of the molecule is O=C(/C=C/c1ccccc1)Nc1ccc(C(=O)NNC(=O)c2ccc([N+](=O)[O-])cc2)cc1. The molecule has 3 N–H and O–H groups in total. The number of nitrogens with one attached hydrogen (secondary N) is 3. The number of hydrogen-bond donors (Lipinski definition) is 3. The second kappa shape index (κ2) is 10.3. The molecule has 0 aliphatic rings. The lowest BCUT2D eigenvalue weighted by Crippen LogP contribution is -2.41. The molecule has 0 atom stereocenters. The highest BCUT2D eigenvalue weighted by atomic mass is 16.6. The molecule has 0 spiro atoms. The van der Waals surface area contributed by atoms with Crippen molar-refractivity contribution in [2.75, 3.05) is 5.32 Å². The first-order valence-electron chi connectivity index (χ1n) is 9.42. The standard InChI is InChI=1S/C23H18N4O5/c28-21(15-6-16-4-2-1-3-5-16)24-19-11-7-17(8-12-19)22(29)25-26-23(30)18-9-13-20(14-10-18)27(31)32/h1-15H,(H,24,28)(H,25,29)(H,26,30)/b15-6+. The molecule has 0 aliphatic carbocycles. The topological polar surface area (TPSA) is 130 Å². The van der Waals surface area contributed by atoms with Crippen LogP contribution >= 0.6 is 0 Å². The van der Waals surface area contributed by atoms with E-state index in [0.717, 1.165) is 5.56 Å². The maximum Gasteiger partial charge on any atom is 0.269 e. The molecule has 0 aliphatic heterocycles. The van der Waals surface area contributed by atoms with Gasteiger partial charge < -0.3 is 5.32 Å². The van der Waals surface area contributed by atoms with Crippen LogP contribution in [-0.2, 0) is 4.79 Å². The lowest BCUT2D eigenvalue weighted by molar-refractivity contribution is -0.384. The summed E-state index contributed by atoms with van der Waals surface area (Å²) in [4.78, 5) is 46.3. The molecule has 9 nitrogen and oxygen atoms in total. The molecule has 0 unspecified atom stereocenters. The van der Waals surface area contributed by atoms with E-state index < -0.39 is 16.7 Å². The molecular weight excluding hydrogens is 412 g/mol. The van der Waals surface area contributed by atoms with Gasteiger partial charge in [-0.1, -0.05) is 30.3 Å². The predicted octanol–water partition coefficient (Wildman–Crippen LogP) is 3.32. The Hall–Kier alpha value is -4.79. The van der Waals surface area contributed by atoms with Crippen molar-refractivity contribution in [1.82, 2.24) is 10.9 Å². The first kappa shape index (κ1) is 21.9. The van der Waals surface area contributed by atoms with E-state index in [9.17, 15) is 24.5 Å². The van der Waals surface area contributed by atoms with E-state index in [2.05, 4.69) is 16.2 Å². The smallest absolute Gasteiger partial charge is 0.269 e. The Balaban J connectivity index is 1.51. The molecule has 3 aromatic carbocycles. The second-order valence-corrected chi connectivity index (χ2v) is 6.52. The molecule has 160 valence electrons. The molecule has 9 heteroatoms. The Bertz CT molecular complexity index is 1160. The zero-order chi connectivity index (χ0) is 22.9. The van der Waals surface area contributed by atoms with Gasteiger partial charge in [-0.25, -0.2) is 0 Å². The number of carbonyl (C=O) groups excluding carboxylic acids is 3. The maximum atomic E-state index is 12.2. The fourth-order valence-corrected chi connectivity index (χ4v) is 2.62. The van der Waals surface area contributed by atoms with Crippen molar-refractivity contribution in [1.29, 1.82) is 0 Å². The number of anilines is 1. The molecular formula is C23H18N4O5. The fourth-order valence-electron chi connectivity index (χ4n) is 2.62. The highest BCUT2D eigenvalue weighted by Crippen LogP contribution is 2.12. The van der Waals surface area contributed by atoms with Crippen LogP contribution in [0.5, 0.6) is 0 Å². The summed E-state index contributed by atoms with van der Waals surface area (Å²) < 4.78 is 0. The molecule has 0 saturated heterocycles. The first-order chi connectivity index (χ1) is 15.4. The van der Waals surface area contributed by atoms with Gasteiger partial charge in [0.15, 0.2) is 0 Å². The normalized spacial score (nSPS) is 10.4. The second-order valence-electron chi connectivity index (χ2n) is 6.52. The summed E-state index contributed by atoms with van der Waals surface area (Å²) >= 11 is 0. The zero-order valence-electron chi connectivity index (χ0n) is 16.6. The quantitative estimate of drug-likeness (QED) is 0.314. The van der Waals surface area contributed by atoms with Crippen molar-refractivity contribution in [3.8, 4) is 0 Å². The summed E-state index contributed by atoms with van der Waals surface area (Å²) in [5.74, 6) is -1.51. The van der Waals surface area contributed by atoms with E-state index in [1.807, 2.05) is 30.3 Å². The highest BCUT2D eigenvalue weighted by Gasteiger charge is 2.11. The van der Waals surface area contributed by atoms with Crippen molar-refractivity contribution in [3.63, 3.8) is 0 Å². The molecule has 0 aromatic heterocycles. The summed E-state index contributed by atoms with van der Waals surface area (Å²) in [6, 6.07) is 20.4. The Morgan fingerprint density at radius 3 is 1.81 bits per heavy atom. The fraction of sp³-hybridized carbons (Fsp3) is 0. The monoisotopic (exact) mass is 430 g/mol. The lowest BCUT2D eigenvalue weighted by Gasteiger charge is -2.08. The summed E-state index contributed by atoms with van der Waals surface area (Å²) in [7, 11) is 0. The minimum Gasteiger partial charge on any atom is -0.323 e. The van der Waals surface area contributed by atoms with Crippen LogP contribution < -0.4 is 16.2 Å². The zero-order valence-corrected chi connectivity index (χ0v) is 16.6. The summed E-state index contributed by atoms with van der Waals surface area (Å²) in [6.45, 7) is 0. The van der Waals surface area contributed by atoms with E-state index in [1.165, 1.54) is 42.5 Å². The number of carbonyl (C=O) groups is 3. The van der Waals surface area contributed by atoms with Gasteiger partial charge >= 0.3 is 0 Å². The van der Waals surface area contributed by atoms with Crippen molar-refractivity contribution in [3.05, 3.63) is 112 Å². The van der Waals surface area contributed by atoms with E-state index in [1.54, 1.807) is 18.2 Å². The van der Waals surface area contributed by atoms with Crippen LogP contribution in [0.3, 0.4) is 0 Å². The molecule has 0 heterocycles. The number of rotatable bonds is 6. The van der Waals surface area contributed by atoms with E-state index in [-0.39, 0.29) is 22.7 Å². The lowest BCUT2D eigenvalue weighted by atomic mass is 10.2. The third-order valence-corrected chi connectivity index (χ3v) is 4.27. The van der Waals surface area contributed by atoms with Crippen molar-refractivity contribution >= 4 is 35.2 Å². The molecule has 0 saturated carbocycles. The third kappa shape index (κ3) is 6.10. The number of nitro benzene ring substituents is 1. The number of amides is 3. The van der Waals surface area contributed by atoms with Gasteiger partial charge in [-0.15, -0.1) is 0 Å². The van der Waals surface area contributed by atoms with Crippen LogP contribution in [0.4, 0.5) is 11.4 Å². The van der Waals surface area contributed by atoms with Crippen LogP contribution in [0.15, 0.2) is 84.9 Å². The largest absolute Gasteiger partial charge is 0.323 e. The first-order valence-corrected chi connectivity index (χ1v) is 9.42. The molecule has 3 aromatic rings. The minimum absolute atomic E-state index is 0.145. The van der Waals surface area contributed by atoms with E-state index >= 15 is 0 Å². The van der Waals surface area contributed by atoms with Crippen LogP contribution in [0.2, 0.25) is 0 Å². The van der Waals surface area contributed by atoms with E-state index in [0.29, 0.717) is 5.69 Å². The summed E-state index contributed by atoms with van der Waals surface area (Å²) in [5, 5.41) is 13.3. The summed E-state index contributed by atoms with van der Waals surface area (Å²) in [5.41, 5.74) is 6.16. The number of nitro groups is 1. The number of hydrazine groups is 1. The Kier molecular flexibility index (Phi) is 7.05. The molecule has 0 bridgehead atoms. The molecule has 3 amide bonds. The van der Waals surface area contributed by atoms with Gasteiger partial charge in [0.1, 0.15) is 0 Å². The Morgan fingerprint density at radius 2 is 1.28 bits per heavy atom. The molecule has 3 rings (SSSR count). The number of benzene rings is 3.